The molecule has 0 fully saturated rings. The molecule has 0 aliphatic carbocycles. The smallest absolute Gasteiger partial charge is 0.326 e. The minimum absolute atomic E-state index is 0.238. The Kier molecular flexibility index (Phi) is 5.91. The van der Waals surface area contributed by atoms with Crippen LogP contribution in [0.4, 0.5) is 28.9 Å². The zero-order valence-electron chi connectivity index (χ0n) is 15.7. The first kappa shape index (κ1) is 20.8. The van der Waals surface area contributed by atoms with Crippen LogP contribution in [0, 0.1) is 5.82 Å². The summed E-state index contributed by atoms with van der Waals surface area (Å²) in [5.41, 5.74) is 2.35. The summed E-state index contributed by atoms with van der Waals surface area (Å²) in [4.78, 5) is 25.7. The van der Waals surface area contributed by atoms with Crippen molar-refractivity contribution in [3.8, 4) is 0 Å². The molecule has 1 aliphatic rings. The third kappa shape index (κ3) is 5.13. The number of anilines is 2. The summed E-state index contributed by atoms with van der Waals surface area (Å²) in [6.07, 6.45) is -4.88. The average molecular weight is 408 g/mol. The Morgan fingerprint density at radius 2 is 1.83 bits per heavy atom. The van der Waals surface area contributed by atoms with Gasteiger partial charge in [0.1, 0.15) is 12.2 Å². The van der Waals surface area contributed by atoms with Gasteiger partial charge >= 0.3 is 6.18 Å². The molecule has 2 aromatic rings. The molecule has 2 aromatic carbocycles. The highest BCUT2D eigenvalue weighted by Crippen LogP contribution is 2.32. The summed E-state index contributed by atoms with van der Waals surface area (Å²) in [7, 11) is 0. The largest absolute Gasteiger partial charge is 0.397 e. The topological polar surface area (TPSA) is 49.4 Å². The summed E-state index contributed by atoms with van der Waals surface area (Å²) < 4.78 is 50.7. The van der Waals surface area contributed by atoms with Gasteiger partial charge in [-0.15, -0.1) is 0 Å². The Balaban J connectivity index is 1.76. The minimum Gasteiger partial charge on any atom is -0.326 e. The molecule has 29 heavy (non-hydrogen) atoms. The maximum absolute atomic E-state index is 13.0. The van der Waals surface area contributed by atoms with Gasteiger partial charge in [0, 0.05) is 17.9 Å². The van der Waals surface area contributed by atoms with Crippen molar-refractivity contribution >= 4 is 23.2 Å². The molecule has 154 valence electrons. The monoisotopic (exact) mass is 408 g/mol. The van der Waals surface area contributed by atoms with Gasteiger partial charge in [-0.3, -0.25) is 9.59 Å². The maximum Gasteiger partial charge on any atom is 0.397 e. The molecule has 0 spiro atoms. The Morgan fingerprint density at radius 1 is 1.14 bits per heavy atom. The van der Waals surface area contributed by atoms with Crippen LogP contribution < -0.4 is 10.2 Å². The number of alkyl halides is 3. The quantitative estimate of drug-likeness (QED) is 0.739. The molecule has 1 aliphatic heterocycles. The standard InChI is InChI=1S/C21H20F4N2O2/c1-13(20(29)26-17-7-5-16(22)6-8-17)14-4-9-18-15(11-14)3-2-10-27(18)19(28)12-21(23,24)25/h4-9,11,13H,2-3,10,12H2,1H3,(H,26,29)/t13-/m0/s1. The van der Waals surface area contributed by atoms with Crippen molar-refractivity contribution in [1.29, 1.82) is 0 Å². The van der Waals surface area contributed by atoms with Crippen molar-refractivity contribution in [3.05, 3.63) is 59.4 Å². The molecule has 0 radical (unpaired) electrons. The molecular formula is C21H20F4N2O2. The second-order valence-corrected chi connectivity index (χ2v) is 7.05. The van der Waals surface area contributed by atoms with E-state index in [2.05, 4.69) is 5.32 Å². The molecule has 1 N–H and O–H groups in total. The van der Waals surface area contributed by atoms with Gasteiger partial charge in [-0.25, -0.2) is 4.39 Å². The number of hydrogen-bond acceptors (Lipinski definition) is 2. The fourth-order valence-electron chi connectivity index (χ4n) is 3.35. The van der Waals surface area contributed by atoms with Crippen molar-refractivity contribution in [3.63, 3.8) is 0 Å². The third-order valence-electron chi connectivity index (χ3n) is 4.88. The molecule has 0 aromatic heterocycles. The van der Waals surface area contributed by atoms with Crippen molar-refractivity contribution < 1.29 is 27.2 Å². The third-order valence-corrected chi connectivity index (χ3v) is 4.88. The van der Waals surface area contributed by atoms with Crippen LogP contribution in [0.25, 0.3) is 0 Å². The Bertz CT molecular complexity index is 910. The number of hydrogen-bond donors (Lipinski definition) is 1. The summed E-state index contributed by atoms with van der Waals surface area (Å²) in [6, 6.07) is 10.4. The second-order valence-electron chi connectivity index (χ2n) is 7.05. The number of carbonyl (C=O) groups excluding carboxylic acids is 2. The fraction of sp³-hybridized carbons (Fsp3) is 0.333. The van der Waals surface area contributed by atoms with Gasteiger partial charge in [0.15, 0.2) is 0 Å². The molecule has 8 heteroatoms. The first-order valence-electron chi connectivity index (χ1n) is 9.20. The predicted octanol–water partition coefficient (Wildman–Crippen LogP) is 4.80. The number of fused-ring (bicyclic) bond motifs is 1. The SMILES string of the molecule is C[C@H](C(=O)Nc1ccc(F)cc1)c1ccc2c(c1)CCCN2C(=O)CC(F)(F)F. The molecule has 0 unspecified atom stereocenters. The highest BCUT2D eigenvalue weighted by atomic mass is 19.4. The number of amides is 2. The van der Waals surface area contributed by atoms with E-state index in [1.165, 1.54) is 29.2 Å². The number of rotatable bonds is 4. The molecule has 2 amide bonds. The molecular weight excluding hydrogens is 388 g/mol. The summed E-state index contributed by atoms with van der Waals surface area (Å²) in [5, 5.41) is 2.71. The summed E-state index contributed by atoms with van der Waals surface area (Å²) in [6.45, 7) is 1.94. The van der Waals surface area contributed by atoms with Gasteiger partial charge in [0.2, 0.25) is 11.8 Å². The van der Waals surface area contributed by atoms with E-state index in [4.69, 9.17) is 0 Å². The summed E-state index contributed by atoms with van der Waals surface area (Å²) >= 11 is 0. The van der Waals surface area contributed by atoms with E-state index >= 15 is 0 Å². The van der Waals surface area contributed by atoms with Gasteiger partial charge in [0.05, 0.1) is 5.92 Å². The fourth-order valence-corrected chi connectivity index (χ4v) is 3.35. The van der Waals surface area contributed by atoms with E-state index in [1.807, 2.05) is 0 Å². The van der Waals surface area contributed by atoms with E-state index < -0.39 is 30.2 Å². The normalized spacial score (nSPS) is 14.9. The van der Waals surface area contributed by atoms with E-state index in [9.17, 15) is 27.2 Å². The maximum atomic E-state index is 13.0. The molecule has 1 atom stereocenters. The zero-order chi connectivity index (χ0) is 21.2. The van der Waals surface area contributed by atoms with Crippen LogP contribution in [0.2, 0.25) is 0 Å². The molecule has 1 heterocycles. The van der Waals surface area contributed by atoms with Crippen molar-refractivity contribution in [1.82, 2.24) is 0 Å². The lowest BCUT2D eigenvalue weighted by molar-refractivity contribution is -0.152. The number of nitrogens with zero attached hydrogens (tertiary/aromatic N) is 1. The van der Waals surface area contributed by atoms with Crippen molar-refractivity contribution in [2.75, 3.05) is 16.8 Å². The molecule has 0 bridgehead atoms. The van der Waals surface area contributed by atoms with Gasteiger partial charge in [-0.05, 0) is 61.2 Å². The first-order chi connectivity index (χ1) is 13.6. The zero-order valence-corrected chi connectivity index (χ0v) is 15.7. The molecule has 0 saturated heterocycles. The van der Waals surface area contributed by atoms with Crippen LogP contribution in [0.5, 0.6) is 0 Å². The molecule has 4 nitrogen and oxygen atoms in total. The number of halogens is 4. The Hall–Kier alpha value is -2.90. The molecule has 3 rings (SSSR count). The lowest BCUT2D eigenvalue weighted by atomic mass is 9.93. The van der Waals surface area contributed by atoms with Crippen LogP contribution in [0.1, 0.15) is 36.8 Å². The number of nitrogens with one attached hydrogen (secondary N) is 1. The van der Waals surface area contributed by atoms with Crippen molar-refractivity contribution in [2.45, 2.75) is 38.3 Å². The highest BCUT2D eigenvalue weighted by Gasteiger charge is 2.35. The van der Waals surface area contributed by atoms with Crippen LogP contribution in [-0.2, 0) is 16.0 Å². The number of benzene rings is 2. The van der Waals surface area contributed by atoms with Crippen LogP contribution >= 0.6 is 0 Å². The van der Waals surface area contributed by atoms with Crippen LogP contribution in [-0.4, -0.2) is 24.5 Å². The molecule has 0 saturated carbocycles. The minimum atomic E-state index is -4.55. The van der Waals surface area contributed by atoms with E-state index in [1.54, 1.807) is 25.1 Å². The second kappa shape index (κ2) is 8.23. The Labute approximate surface area is 165 Å². The van der Waals surface area contributed by atoms with Gasteiger partial charge in [0.25, 0.3) is 0 Å². The van der Waals surface area contributed by atoms with E-state index in [0.717, 1.165) is 5.56 Å². The lowest BCUT2D eigenvalue weighted by Gasteiger charge is -2.30. The van der Waals surface area contributed by atoms with Gasteiger partial charge in [-0.1, -0.05) is 12.1 Å². The number of carbonyl (C=O) groups is 2. The average Bonchev–Trinajstić information content (AvgIpc) is 2.66. The Morgan fingerprint density at radius 3 is 2.48 bits per heavy atom. The first-order valence-corrected chi connectivity index (χ1v) is 9.20. The number of aryl methyl sites for hydroxylation is 1. The van der Waals surface area contributed by atoms with Gasteiger partial charge < -0.3 is 10.2 Å². The predicted molar refractivity (Wildman–Crippen MR) is 101 cm³/mol. The summed E-state index contributed by atoms with van der Waals surface area (Å²) in [5.74, 6) is -2.22. The van der Waals surface area contributed by atoms with Crippen LogP contribution in [0.3, 0.4) is 0 Å². The van der Waals surface area contributed by atoms with E-state index in [0.29, 0.717) is 29.8 Å². The van der Waals surface area contributed by atoms with Crippen LogP contribution in [0.15, 0.2) is 42.5 Å². The van der Waals surface area contributed by atoms with Gasteiger partial charge in [-0.2, -0.15) is 13.2 Å². The lowest BCUT2D eigenvalue weighted by Crippen LogP contribution is -2.38. The van der Waals surface area contributed by atoms with E-state index in [-0.39, 0.29) is 12.5 Å². The van der Waals surface area contributed by atoms with Crippen molar-refractivity contribution in [2.24, 2.45) is 0 Å². The highest BCUT2D eigenvalue weighted by molar-refractivity contribution is 5.97.